The van der Waals surface area contributed by atoms with E-state index >= 15 is 0 Å². The van der Waals surface area contributed by atoms with E-state index in [2.05, 4.69) is 10.6 Å². The lowest BCUT2D eigenvalue weighted by molar-refractivity contribution is -0.130. The number of anilines is 1. The first-order chi connectivity index (χ1) is 15.9. The third-order valence-electron chi connectivity index (χ3n) is 7.06. The molecule has 0 aromatic heterocycles. The van der Waals surface area contributed by atoms with Gasteiger partial charge < -0.3 is 20.3 Å². The van der Waals surface area contributed by atoms with Crippen molar-refractivity contribution in [3.8, 4) is 5.75 Å². The van der Waals surface area contributed by atoms with Crippen LogP contribution in [-0.4, -0.2) is 42.3 Å². The van der Waals surface area contributed by atoms with Gasteiger partial charge in [0.2, 0.25) is 18.2 Å². The van der Waals surface area contributed by atoms with Gasteiger partial charge in [-0.1, -0.05) is 35.4 Å². The molecule has 8 heteroatoms. The van der Waals surface area contributed by atoms with Crippen molar-refractivity contribution in [1.29, 1.82) is 0 Å². The third-order valence-corrected chi connectivity index (χ3v) is 7.29. The molecule has 0 radical (unpaired) electrons. The first-order valence-corrected chi connectivity index (χ1v) is 11.7. The monoisotopic (exact) mass is 467 g/mol. The zero-order valence-electron chi connectivity index (χ0n) is 18.4. The molecule has 2 atom stereocenters. The summed E-state index contributed by atoms with van der Waals surface area (Å²) >= 11 is 6.18. The van der Waals surface area contributed by atoms with E-state index in [-0.39, 0.29) is 24.3 Å². The molecule has 2 aromatic rings. The van der Waals surface area contributed by atoms with Crippen molar-refractivity contribution in [2.24, 2.45) is 0 Å². The van der Waals surface area contributed by atoms with Crippen LogP contribution in [0.3, 0.4) is 0 Å². The molecule has 3 amide bonds. The number of rotatable bonds is 4. The van der Waals surface area contributed by atoms with Crippen LogP contribution in [0.4, 0.5) is 5.69 Å². The van der Waals surface area contributed by atoms with Crippen LogP contribution in [0, 0.1) is 6.92 Å². The molecule has 1 spiro atoms. The number of piperidine rings is 2. The van der Waals surface area contributed by atoms with Crippen molar-refractivity contribution in [2.75, 3.05) is 18.4 Å². The molecule has 33 heavy (non-hydrogen) atoms. The van der Waals surface area contributed by atoms with E-state index in [9.17, 15) is 14.4 Å². The van der Waals surface area contributed by atoms with Crippen LogP contribution in [-0.2, 0) is 19.8 Å². The van der Waals surface area contributed by atoms with Crippen LogP contribution in [0.1, 0.15) is 48.4 Å². The summed E-state index contributed by atoms with van der Waals surface area (Å²) in [5, 5.41) is 6.64. The van der Waals surface area contributed by atoms with Crippen molar-refractivity contribution in [3.05, 3.63) is 58.1 Å². The Kier molecular flexibility index (Phi) is 5.52. The SMILES string of the molecule is Cc1ccc(OC2CCN(C=O)CC2)c([C@H]2NC(=O)CC[C@]23C(=O)Nc2cc(Cl)ccc23)c1. The average molecular weight is 468 g/mol. The number of halogens is 1. The van der Waals surface area contributed by atoms with Gasteiger partial charge in [-0.2, -0.15) is 0 Å². The van der Waals surface area contributed by atoms with E-state index in [0.717, 1.165) is 35.9 Å². The Balaban J connectivity index is 1.56. The van der Waals surface area contributed by atoms with Crippen LogP contribution in [0.2, 0.25) is 5.02 Å². The van der Waals surface area contributed by atoms with Gasteiger partial charge in [0.25, 0.3) is 0 Å². The number of nitrogens with zero attached hydrogens (tertiary/aromatic N) is 1. The maximum absolute atomic E-state index is 13.5. The normalized spacial score (nSPS) is 24.9. The number of benzene rings is 2. The molecule has 2 N–H and O–H groups in total. The summed E-state index contributed by atoms with van der Waals surface area (Å²) in [5.74, 6) is 0.427. The Morgan fingerprint density at radius 3 is 2.70 bits per heavy atom. The fourth-order valence-electron chi connectivity index (χ4n) is 5.33. The van der Waals surface area contributed by atoms with Crippen LogP contribution < -0.4 is 15.4 Å². The van der Waals surface area contributed by atoms with Gasteiger partial charge in [-0.25, -0.2) is 0 Å². The van der Waals surface area contributed by atoms with E-state index in [1.807, 2.05) is 31.2 Å². The van der Waals surface area contributed by atoms with Gasteiger partial charge in [-0.05, 0) is 37.1 Å². The summed E-state index contributed by atoms with van der Waals surface area (Å²) in [5.41, 5.74) is 2.39. The Morgan fingerprint density at radius 2 is 1.94 bits per heavy atom. The first-order valence-electron chi connectivity index (χ1n) is 11.3. The van der Waals surface area contributed by atoms with Crippen molar-refractivity contribution >= 4 is 35.5 Å². The van der Waals surface area contributed by atoms with Crippen molar-refractivity contribution in [1.82, 2.24) is 10.2 Å². The molecule has 2 saturated heterocycles. The van der Waals surface area contributed by atoms with Gasteiger partial charge in [-0.15, -0.1) is 0 Å². The largest absolute Gasteiger partial charge is 0.490 e. The quantitative estimate of drug-likeness (QED) is 0.674. The molecule has 5 rings (SSSR count). The zero-order chi connectivity index (χ0) is 23.2. The Hall–Kier alpha value is -3.06. The molecular formula is C25H26ClN3O4. The molecule has 0 unspecified atom stereocenters. The second-order valence-corrected chi connectivity index (χ2v) is 9.55. The smallest absolute Gasteiger partial charge is 0.237 e. The average Bonchev–Trinajstić information content (AvgIpc) is 3.08. The second kappa shape index (κ2) is 8.37. The standard InChI is InChI=1S/C25H26ClN3O4/c1-15-2-5-21(33-17-7-10-29(14-30)11-8-17)18(12-15)23-25(9-6-22(31)28-23)19-4-3-16(26)13-20(19)27-24(25)32/h2-5,12-14,17,23H,6-11H2,1H3,(H,27,32)(H,28,31)/t23-,25-/m1/s1. The summed E-state index contributed by atoms with van der Waals surface area (Å²) in [6.07, 6.45) is 2.96. The van der Waals surface area contributed by atoms with Crippen molar-refractivity contribution < 1.29 is 19.1 Å². The topological polar surface area (TPSA) is 87.7 Å². The number of likely N-dealkylation sites (tertiary alicyclic amines) is 1. The number of carbonyl (C=O) groups is 3. The molecule has 3 aliphatic rings. The predicted octanol–water partition coefficient (Wildman–Crippen LogP) is 3.49. The molecule has 3 heterocycles. The minimum atomic E-state index is -0.944. The lowest BCUT2D eigenvalue weighted by Crippen LogP contribution is -2.52. The molecule has 3 aliphatic heterocycles. The van der Waals surface area contributed by atoms with Crippen LogP contribution >= 0.6 is 11.6 Å². The first kappa shape index (κ1) is 21.8. The Labute approximate surface area is 197 Å². The number of fused-ring (bicyclic) bond motifs is 2. The summed E-state index contributed by atoms with van der Waals surface area (Å²) in [6.45, 7) is 3.28. The second-order valence-electron chi connectivity index (χ2n) is 9.12. The highest BCUT2D eigenvalue weighted by atomic mass is 35.5. The van der Waals surface area contributed by atoms with E-state index < -0.39 is 11.5 Å². The van der Waals surface area contributed by atoms with Gasteiger partial charge in [0.05, 0.1) is 6.04 Å². The molecule has 0 bridgehead atoms. The van der Waals surface area contributed by atoms with E-state index in [4.69, 9.17) is 16.3 Å². The minimum absolute atomic E-state index is 0.0404. The van der Waals surface area contributed by atoms with Gasteiger partial charge in [-0.3, -0.25) is 14.4 Å². The Morgan fingerprint density at radius 1 is 1.15 bits per heavy atom. The molecule has 2 aromatic carbocycles. The number of carbonyl (C=O) groups excluding carboxylic acids is 3. The maximum atomic E-state index is 13.5. The van der Waals surface area contributed by atoms with Gasteiger partial charge in [0.15, 0.2) is 0 Å². The fraction of sp³-hybridized carbons (Fsp3) is 0.400. The summed E-state index contributed by atoms with van der Waals surface area (Å²) in [4.78, 5) is 38.8. The van der Waals surface area contributed by atoms with Gasteiger partial charge >= 0.3 is 0 Å². The van der Waals surface area contributed by atoms with Crippen LogP contribution in [0.15, 0.2) is 36.4 Å². The van der Waals surface area contributed by atoms with Crippen LogP contribution in [0.5, 0.6) is 5.75 Å². The lowest BCUT2D eigenvalue weighted by Gasteiger charge is -2.41. The van der Waals surface area contributed by atoms with Gasteiger partial charge in [0, 0.05) is 48.6 Å². The molecule has 2 fully saturated rings. The molecule has 7 nitrogen and oxygen atoms in total. The number of hydrogen-bond donors (Lipinski definition) is 2. The molecule has 172 valence electrons. The Bertz CT molecular complexity index is 1130. The van der Waals surface area contributed by atoms with E-state index in [1.54, 1.807) is 17.0 Å². The van der Waals surface area contributed by atoms with E-state index in [1.165, 1.54) is 0 Å². The highest BCUT2D eigenvalue weighted by Gasteiger charge is 2.56. The highest BCUT2D eigenvalue weighted by molar-refractivity contribution is 6.31. The molecule has 0 saturated carbocycles. The number of hydrogen-bond acceptors (Lipinski definition) is 4. The number of aryl methyl sites for hydroxylation is 1. The van der Waals surface area contributed by atoms with E-state index in [0.29, 0.717) is 36.0 Å². The zero-order valence-corrected chi connectivity index (χ0v) is 19.2. The molecular weight excluding hydrogens is 442 g/mol. The predicted molar refractivity (Wildman–Crippen MR) is 124 cm³/mol. The maximum Gasteiger partial charge on any atom is 0.237 e. The number of nitrogens with one attached hydrogen (secondary N) is 2. The summed E-state index contributed by atoms with van der Waals surface area (Å²) in [6, 6.07) is 10.7. The van der Waals surface area contributed by atoms with Crippen molar-refractivity contribution in [2.45, 2.75) is 50.2 Å². The fourth-order valence-corrected chi connectivity index (χ4v) is 5.51. The number of amides is 3. The van der Waals surface area contributed by atoms with Crippen molar-refractivity contribution in [3.63, 3.8) is 0 Å². The minimum Gasteiger partial charge on any atom is -0.490 e. The molecule has 0 aliphatic carbocycles. The number of ether oxygens (including phenoxy) is 1. The summed E-state index contributed by atoms with van der Waals surface area (Å²) < 4.78 is 6.42. The van der Waals surface area contributed by atoms with Gasteiger partial charge in [0.1, 0.15) is 17.3 Å². The lowest BCUT2D eigenvalue weighted by atomic mass is 9.67. The highest BCUT2D eigenvalue weighted by Crippen LogP contribution is 2.52. The van der Waals surface area contributed by atoms with Crippen LogP contribution in [0.25, 0.3) is 0 Å². The third kappa shape index (κ3) is 3.74. The summed E-state index contributed by atoms with van der Waals surface area (Å²) in [7, 11) is 0.